The average molecular weight is 250 g/mol. The van der Waals surface area contributed by atoms with Crippen molar-refractivity contribution in [1.29, 1.82) is 0 Å². The van der Waals surface area contributed by atoms with Crippen LogP contribution < -0.4 is 10.2 Å². The Morgan fingerprint density at radius 1 is 1.29 bits per heavy atom. The summed E-state index contributed by atoms with van der Waals surface area (Å²) in [5, 5.41) is 3.93. The molecule has 1 heterocycles. The highest BCUT2D eigenvalue weighted by molar-refractivity contribution is 8.00. The van der Waals surface area contributed by atoms with Crippen LogP contribution in [0.5, 0.6) is 0 Å². The molecule has 0 aliphatic carbocycles. The predicted molar refractivity (Wildman–Crippen MR) is 77.4 cm³/mol. The van der Waals surface area contributed by atoms with E-state index in [1.54, 1.807) is 0 Å². The number of hydrogen-bond donors (Lipinski definition) is 1. The van der Waals surface area contributed by atoms with E-state index in [4.69, 9.17) is 0 Å². The fraction of sp³-hybridized carbons (Fsp3) is 0.571. The molecule has 1 N–H and O–H groups in total. The van der Waals surface area contributed by atoms with Crippen LogP contribution in [0.2, 0.25) is 0 Å². The fourth-order valence-electron chi connectivity index (χ4n) is 2.47. The lowest BCUT2D eigenvalue weighted by molar-refractivity contribution is 0.601. The van der Waals surface area contributed by atoms with Gasteiger partial charge in [0.15, 0.2) is 0 Å². The molecule has 2 nitrogen and oxygen atoms in total. The molecule has 0 amide bonds. The molecule has 1 aliphatic heterocycles. The van der Waals surface area contributed by atoms with Gasteiger partial charge >= 0.3 is 0 Å². The van der Waals surface area contributed by atoms with Gasteiger partial charge in [0.05, 0.1) is 5.69 Å². The summed E-state index contributed by atoms with van der Waals surface area (Å²) >= 11 is 2.03. The number of thioether (sulfide) groups is 1. The largest absolute Gasteiger partial charge is 0.370 e. The molecule has 0 radical (unpaired) electrons. The third-order valence-electron chi connectivity index (χ3n) is 3.71. The topological polar surface area (TPSA) is 15.3 Å². The van der Waals surface area contributed by atoms with Crippen molar-refractivity contribution in [2.24, 2.45) is 0 Å². The molecule has 17 heavy (non-hydrogen) atoms. The quantitative estimate of drug-likeness (QED) is 0.869. The third kappa shape index (κ3) is 2.18. The molecule has 1 aromatic carbocycles. The average Bonchev–Trinajstić information content (AvgIpc) is 2.30. The first-order valence-corrected chi connectivity index (χ1v) is 7.08. The Morgan fingerprint density at radius 3 is 2.59 bits per heavy atom. The highest BCUT2D eigenvalue weighted by atomic mass is 32.2. The number of nitrogens with one attached hydrogen (secondary N) is 1. The van der Waals surface area contributed by atoms with Crippen LogP contribution in [0.25, 0.3) is 0 Å². The number of aryl methyl sites for hydroxylation is 2. The maximum absolute atomic E-state index is 3.31. The molecule has 0 bridgehead atoms. The molecule has 2 rings (SSSR count). The van der Waals surface area contributed by atoms with Gasteiger partial charge in [0, 0.05) is 29.8 Å². The lowest BCUT2D eigenvalue weighted by atomic mass is 10.1. The Balaban J connectivity index is 2.45. The van der Waals surface area contributed by atoms with Gasteiger partial charge in [0.25, 0.3) is 0 Å². The van der Waals surface area contributed by atoms with Crippen LogP contribution in [0.3, 0.4) is 0 Å². The Labute approximate surface area is 109 Å². The number of rotatable bonds is 2. The lowest BCUT2D eigenvalue weighted by Gasteiger charge is -2.40. The van der Waals surface area contributed by atoms with Gasteiger partial charge in [-0.15, -0.1) is 11.8 Å². The van der Waals surface area contributed by atoms with E-state index in [9.17, 15) is 0 Å². The maximum Gasteiger partial charge on any atom is 0.0537 e. The second kappa shape index (κ2) is 4.91. The van der Waals surface area contributed by atoms with Gasteiger partial charge in [-0.05, 0) is 38.9 Å². The second-order valence-corrected chi connectivity index (χ2v) is 6.19. The zero-order chi connectivity index (χ0) is 12.6. The van der Waals surface area contributed by atoms with Crippen LogP contribution in [0, 0.1) is 13.8 Å². The Bertz CT molecular complexity index is 417. The first kappa shape index (κ1) is 12.8. The van der Waals surface area contributed by atoms with Crippen LogP contribution in [0.4, 0.5) is 5.69 Å². The summed E-state index contributed by atoms with van der Waals surface area (Å²) < 4.78 is 0. The van der Waals surface area contributed by atoms with E-state index in [1.165, 1.54) is 21.7 Å². The molecule has 0 fully saturated rings. The summed E-state index contributed by atoms with van der Waals surface area (Å²) in [7, 11) is 4.25. The Kier molecular flexibility index (Phi) is 3.69. The van der Waals surface area contributed by atoms with Gasteiger partial charge in [0.2, 0.25) is 0 Å². The van der Waals surface area contributed by atoms with Crippen molar-refractivity contribution < 1.29 is 0 Å². The third-order valence-corrected chi connectivity index (χ3v) is 5.32. The van der Waals surface area contributed by atoms with Gasteiger partial charge in [-0.25, -0.2) is 0 Å². The molecule has 0 saturated heterocycles. The number of anilines is 1. The summed E-state index contributed by atoms with van der Waals surface area (Å²) in [4.78, 5) is 3.90. The van der Waals surface area contributed by atoms with Gasteiger partial charge in [0.1, 0.15) is 0 Å². The van der Waals surface area contributed by atoms with Crippen molar-refractivity contribution in [2.45, 2.75) is 37.0 Å². The van der Waals surface area contributed by atoms with E-state index in [0.717, 1.165) is 6.54 Å². The highest BCUT2D eigenvalue weighted by Gasteiger charge is 2.31. The number of fused-ring (bicyclic) bond motifs is 1. The molecular formula is C14H22N2S. The molecule has 2 unspecified atom stereocenters. The number of nitrogens with zero attached hydrogens (tertiary/aromatic N) is 1. The van der Waals surface area contributed by atoms with Crippen molar-refractivity contribution in [3.63, 3.8) is 0 Å². The van der Waals surface area contributed by atoms with Crippen LogP contribution in [-0.2, 0) is 0 Å². The van der Waals surface area contributed by atoms with Crippen molar-refractivity contribution >= 4 is 17.4 Å². The standard InChI is InChI=1S/C14H22N2S/c1-9-6-7-10(2)14-13(9)16(5)11(3)12(17-14)8-15-4/h6-7,11-12,15H,8H2,1-5H3. The highest BCUT2D eigenvalue weighted by Crippen LogP contribution is 2.44. The second-order valence-electron chi connectivity index (χ2n) is 4.94. The minimum absolute atomic E-state index is 0.570. The first-order chi connectivity index (χ1) is 8.06. The van der Waals surface area contributed by atoms with E-state index in [-0.39, 0.29) is 0 Å². The fourth-order valence-corrected chi connectivity index (χ4v) is 4.08. The van der Waals surface area contributed by atoms with E-state index in [2.05, 4.69) is 50.2 Å². The van der Waals surface area contributed by atoms with Crippen LogP contribution in [0.15, 0.2) is 17.0 Å². The molecular weight excluding hydrogens is 228 g/mol. The molecule has 1 aromatic rings. The number of hydrogen-bond acceptors (Lipinski definition) is 3. The summed E-state index contributed by atoms with van der Waals surface area (Å²) in [6.07, 6.45) is 0. The molecule has 0 aromatic heterocycles. The predicted octanol–water partition coefficient (Wildman–Crippen LogP) is 2.82. The normalized spacial score (nSPS) is 23.7. The van der Waals surface area contributed by atoms with E-state index in [0.29, 0.717) is 11.3 Å². The summed E-state index contributed by atoms with van der Waals surface area (Å²) in [5.41, 5.74) is 4.21. The Hall–Kier alpha value is -0.670. The van der Waals surface area contributed by atoms with E-state index < -0.39 is 0 Å². The van der Waals surface area contributed by atoms with Crippen LogP contribution in [0.1, 0.15) is 18.1 Å². The van der Waals surface area contributed by atoms with Crippen LogP contribution >= 0.6 is 11.8 Å². The summed E-state index contributed by atoms with van der Waals surface area (Å²) in [5.74, 6) is 0. The van der Waals surface area contributed by atoms with Gasteiger partial charge in [-0.1, -0.05) is 12.1 Å². The molecule has 94 valence electrons. The van der Waals surface area contributed by atoms with E-state index in [1.807, 2.05) is 18.8 Å². The molecule has 2 atom stereocenters. The van der Waals surface area contributed by atoms with Gasteiger partial charge < -0.3 is 10.2 Å². The van der Waals surface area contributed by atoms with Crippen molar-refractivity contribution in [1.82, 2.24) is 5.32 Å². The smallest absolute Gasteiger partial charge is 0.0537 e. The molecule has 1 aliphatic rings. The minimum atomic E-state index is 0.570. The van der Waals surface area contributed by atoms with Crippen molar-refractivity contribution in [3.05, 3.63) is 23.3 Å². The monoisotopic (exact) mass is 250 g/mol. The van der Waals surface area contributed by atoms with Crippen LogP contribution in [-0.4, -0.2) is 31.9 Å². The zero-order valence-corrected chi connectivity index (χ0v) is 12.2. The molecule has 0 saturated carbocycles. The number of benzene rings is 1. The molecule has 3 heteroatoms. The minimum Gasteiger partial charge on any atom is -0.370 e. The molecule has 0 spiro atoms. The van der Waals surface area contributed by atoms with Crippen molar-refractivity contribution in [2.75, 3.05) is 25.5 Å². The summed E-state index contributed by atoms with van der Waals surface area (Å²) in [6, 6.07) is 5.04. The van der Waals surface area contributed by atoms with Crippen molar-refractivity contribution in [3.8, 4) is 0 Å². The maximum atomic E-state index is 3.31. The summed E-state index contributed by atoms with van der Waals surface area (Å²) in [6.45, 7) is 7.80. The van der Waals surface area contributed by atoms with Gasteiger partial charge in [-0.2, -0.15) is 0 Å². The zero-order valence-electron chi connectivity index (χ0n) is 11.4. The Morgan fingerprint density at radius 2 is 1.94 bits per heavy atom. The lowest BCUT2D eigenvalue weighted by Crippen LogP contribution is -2.45. The first-order valence-electron chi connectivity index (χ1n) is 6.20. The SMILES string of the molecule is CNCC1Sc2c(C)ccc(C)c2N(C)C1C. The van der Waals surface area contributed by atoms with Gasteiger partial charge in [-0.3, -0.25) is 0 Å². The van der Waals surface area contributed by atoms with E-state index >= 15 is 0 Å².